The molecule has 0 saturated heterocycles. The van der Waals surface area contributed by atoms with Gasteiger partial charge in [0.15, 0.2) is 0 Å². The third-order valence-electron chi connectivity index (χ3n) is 1.27. The van der Waals surface area contributed by atoms with Crippen LogP contribution >= 0.6 is 31.9 Å². The summed E-state index contributed by atoms with van der Waals surface area (Å²) in [4.78, 5) is 0. The van der Waals surface area contributed by atoms with Gasteiger partial charge in [0.1, 0.15) is 5.76 Å². The first kappa shape index (κ1) is 9.33. The number of hydrogen-bond acceptors (Lipinski definition) is 1. The first-order valence-electron chi connectivity index (χ1n) is 3.41. The summed E-state index contributed by atoms with van der Waals surface area (Å²) >= 11 is 6.70. The molecule has 0 heterocycles. The molecule has 0 aliphatic heterocycles. The summed E-state index contributed by atoms with van der Waals surface area (Å²) in [6.07, 6.45) is 6.99. The molecule has 0 saturated carbocycles. The predicted octanol–water partition coefficient (Wildman–Crippen LogP) is 3.17. The van der Waals surface area contributed by atoms with Gasteiger partial charge < -0.3 is 4.74 Å². The Hall–Kier alpha value is 0.240. The van der Waals surface area contributed by atoms with Gasteiger partial charge in [-0.15, -0.1) is 0 Å². The second-order valence-electron chi connectivity index (χ2n) is 2.13. The molecule has 0 amide bonds. The molecule has 1 radical (unpaired) electrons. The second kappa shape index (κ2) is 4.99. The van der Waals surface area contributed by atoms with Crippen molar-refractivity contribution in [3.05, 3.63) is 28.8 Å². The van der Waals surface area contributed by atoms with E-state index in [2.05, 4.69) is 38.3 Å². The van der Waals surface area contributed by atoms with Gasteiger partial charge in [0.2, 0.25) is 0 Å². The summed E-state index contributed by atoms with van der Waals surface area (Å²) in [5.41, 5.74) is 0. The summed E-state index contributed by atoms with van der Waals surface area (Å²) in [7, 11) is 0. The van der Waals surface area contributed by atoms with Crippen molar-refractivity contribution in [1.82, 2.24) is 0 Å². The van der Waals surface area contributed by atoms with Gasteiger partial charge in [0.05, 0.1) is 6.61 Å². The summed E-state index contributed by atoms with van der Waals surface area (Å²) in [5, 5.41) is 0.878. The van der Waals surface area contributed by atoms with E-state index in [4.69, 9.17) is 4.74 Å². The fraction of sp³-hybridized carbons (Fsp3) is 0.375. The molecular weight excluding hydrogens is 272 g/mol. The van der Waals surface area contributed by atoms with E-state index < -0.39 is 0 Å². The predicted molar refractivity (Wildman–Crippen MR) is 53.8 cm³/mol. The van der Waals surface area contributed by atoms with Gasteiger partial charge in [-0.2, -0.15) is 0 Å². The van der Waals surface area contributed by atoms with Gasteiger partial charge in [-0.25, -0.2) is 0 Å². The van der Waals surface area contributed by atoms with Crippen LogP contribution in [0.3, 0.4) is 0 Å². The maximum absolute atomic E-state index is 5.37. The molecule has 3 heteroatoms. The number of alkyl halides is 1. The van der Waals surface area contributed by atoms with Crippen LogP contribution in [0.4, 0.5) is 0 Å². The van der Waals surface area contributed by atoms with Crippen LogP contribution < -0.4 is 0 Å². The van der Waals surface area contributed by atoms with E-state index in [0.717, 1.165) is 24.1 Å². The van der Waals surface area contributed by atoms with Crippen molar-refractivity contribution in [2.45, 2.75) is 6.42 Å². The number of allylic oxidation sites excluding steroid dienone is 4. The Morgan fingerprint density at radius 1 is 1.45 bits per heavy atom. The Bertz CT molecular complexity index is 185. The summed E-state index contributed by atoms with van der Waals surface area (Å²) in [6.45, 7) is 0.730. The Balaban J connectivity index is 2.35. The van der Waals surface area contributed by atoms with Crippen LogP contribution in [0, 0.1) is 6.42 Å². The molecule has 0 aromatic carbocycles. The summed E-state index contributed by atoms with van der Waals surface area (Å²) in [6, 6.07) is 0. The zero-order chi connectivity index (χ0) is 8.10. The van der Waals surface area contributed by atoms with Crippen LogP contribution in [0.25, 0.3) is 0 Å². The first-order chi connectivity index (χ1) is 5.33. The second-order valence-corrected chi connectivity index (χ2v) is 3.94. The molecular formula is C8H9Br2O. The fourth-order valence-corrected chi connectivity index (χ4v) is 1.23. The van der Waals surface area contributed by atoms with Gasteiger partial charge in [-0.1, -0.05) is 31.9 Å². The molecule has 0 aromatic rings. The summed E-state index contributed by atoms with van der Waals surface area (Å²) < 4.78 is 6.57. The minimum absolute atomic E-state index is 0.730. The van der Waals surface area contributed by atoms with Gasteiger partial charge in [-0.3, -0.25) is 0 Å². The molecule has 61 valence electrons. The van der Waals surface area contributed by atoms with Gasteiger partial charge in [0, 0.05) is 11.8 Å². The number of hydrogen-bond donors (Lipinski definition) is 0. The van der Waals surface area contributed by atoms with E-state index in [1.807, 2.05) is 12.2 Å². The highest BCUT2D eigenvalue weighted by atomic mass is 79.9. The van der Waals surface area contributed by atoms with Gasteiger partial charge in [-0.05, 0) is 23.1 Å². The number of rotatable bonds is 3. The van der Waals surface area contributed by atoms with Crippen molar-refractivity contribution in [1.29, 1.82) is 0 Å². The van der Waals surface area contributed by atoms with Crippen molar-refractivity contribution in [3.63, 3.8) is 0 Å². The zero-order valence-corrected chi connectivity index (χ0v) is 9.19. The van der Waals surface area contributed by atoms with E-state index in [0.29, 0.717) is 0 Å². The third kappa shape index (κ3) is 3.43. The van der Waals surface area contributed by atoms with E-state index >= 15 is 0 Å². The Labute approximate surface area is 83.8 Å². The van der Waals surface area contributed by atoms with Crippen LogP contribution in [0.5, 0.6) is 0 Å². The van der Waals surface area contributed by atoms with Crippen molar-refractivity contribution >= 4 is 31.9 Å². The maximum Gasteiger partial charge on any atom is 0.100 e. The lowest BCUT2D eigenvalue weighted by Gasteiger charge is -2.11. The Morgan fingerprint density at radius 3 is 2.82 bits per heavy atom. The van der Waals surface area contributed by atoms with Gasteiger partial charge >= 0.3 is 0 Å². The fourth-order valence-electron chi connectivity index (χ4n) is 0.770. The Kier molecular flexibility index (Phi) is 4.23. The average Bonchev–Trinajstić information content (AvgIpc) is 2.04. The first-order valence-corrected chi connectivity index (χ1v) is 5.32. The van der Waals surface area contributed by atoms with Crippen LogP contribution in [-0.4, -0.2) is 11.9 Å². The van der Waals surface area contributed by atoms with Crippen LogP contribution in [0.15, 0.2) is 22.4 Å². The van der Waals surface area contributed by atoms with Crippen molar-refractivity contribution < 1.29 is 4.74 Å². The molecule has 0 unspecified atom stereocenters. The lowest BCUT2D eigenvalue weighted by Crippen LogP contribution is -1.99. The maximum atomic E-state index is 5.37. The highest BCUT2D eigenvalue weighted by molar-refractivity contribution is 9.11. The third-order valence-corrected chi connectivity index (χ3v) is 2.18. The number of halogens is 2. The van der Waals surface area contributed by atoms with Crippen molar-refractivity contribution in [3.8, 4) is 0 Å². The topological polar surface area (TPSA) is 9.23 Å². The van der Waals surface area contributed by atoms with E-state index in [9.17, 15) is 0 Å². The molecule has 1 rings (SSSR count). The molecule has 0 bridgehead atoms. The zero-order valence-electron chi connectivity index (χ0n) is 6.02. The SMILES string of the molecule is BrCCOC1=CC=C(Br)C[CH]1. The molecule has 0 aromatic heterocycles. The lowest BCUT2D eigenvalue weighted by atomic mass is 10.2. The number of ether oxygens (including phenoxy) is 1. The molecule has 0 fully saturated rings. The average molecular weight is 281 g/mol. The van der Waals surface area contributed by atoms with Crippen LogP contribution in [0.1, 0.15) is 6.42 Å². The highest BCUT2D eigenvalue weighted by Crippen LogP contribution is 2.21. The van der Waals surface area contributed by atoms with Crippen LogP contribution in [-0.2, 0) is 4.74 Å². The normalized spacial score (nSPS) is 17.3. The molecule has 1 aliphatic rings. The molecule has 0 atom stereocenters. The quantitative estimate of drug-likeness (QED) is 0.722. The molecule has 11 heavy (non-hydrogen) atoms. The highest BCUT2D eigenvalue weighted by Gasteiger charge is 2.04. The Morgan fingerprint density at radius 2 is 2.27 bits per heavy atom. The van der Waals surface area contributed by atoms with Crippen LogP contribution in [0.2, 0.25) is 0 Å². The minimum atomic E-state index is 0.730. The molecule has 1 aliphatic carbocycles. The van der Waals surface area contributed by atoms with Crippen molar-refractivity contribution in [2.75, 3.05) is 11.9 Å². The van der Waals surface area contributed by atoms with Gasteiger partial charge in [0.25, 0.3) is 0 Å². The monoisotopic (exact) mass is 279 g/mol. The molecule has 0 N–H and O–H groups in total. The molecule has 1 nitrogen and oxygen atoms in total. The standard InChI is InChI=1S/C8H9Br2O/c9-5-6-11-8-3-1-7(10)2-4-8/h1,3-4H,2,5-6H2. The minimum Gasteiger partial charge on any atom is -0.497 e. The summed E-state index contributed by atoms with van der Waals surface area (Å²) in [5.74, 6) is 0.965. The van der Waals surface area contributed by atoms with Crippen molar-refractivity contribution in [2.24, 2.45) is 0 Å². The van der Waals surface area contributed by atoms with E-state index in [-0.39, 0.29) is 0 Å². The largest absolute Gasteiger partial charge is 0.497 e. The van der Waals surface area contributed by atoms with E-state index in [1.54, 1.807) is 0 Å². The lowest BCUT2D eigenvalue weighted by molar-refractivity contribution is 0.238. The van der Waals surface area contributed by atoms with E-state index in [1.165, 1.54) is 4.48 Å². The smallest absolute Gasteiger partial charge is 0.100 e. The molecule has 0 spiro atoms.